The lowest BCUT2D eigenvalue weighted by atomic mass is 9.90. The molecular formula is C16H24N2O3. The third-order valence-electron chi connectivity index (χ3n) is 4.03. The van der Waals surface area contributed by atoms with E-state index in [9.17, 15) is 4.79 Å². The first-order chi connectivity index (χ1) is 10.2. The maximum Gasteiger partial charge on any atom is 0.241 e. The van der Waals surface area contributed by atoms with Crippen molar-refractivity contribution in [3.63, 3.8) is 0 Å². The molecular weight excluding hydrogens is 268 g/mol. The summed E-state index contributed by atoms with van der Waals surface area (Å²) in [5.74, 6) is 1.95. The number of rotatable bonds is 5. The van der Waals surface area contributed by atoms with Gasteiger partial charge in [0.2, 0.25) is 5.91 Å². The largest absolute Gasteiger partial charge is 0.497 e. The molecule has 0 bridgehead atoms. The predicted octanol–water partition coefficient (Wildman–Crippen LogP) is 2.42. The van der Waals surface area contributed by atoms with Crippen molar-refractivity contribution in [3.05, 3.63) is 18.2 Å². The summed E-state index contributed by atoms with van der Waals surface area (Å²) in [6.45, 7) is 3.08. The zero-order valence-corrected chi connectivity index (χ0v) is 12.9. The number of nitrogens with one attached hydrogen (secondary N) is 2. The topological polar surface area (TPSA) is 59.6 Å². The molecule has 1 heterocycles. The average Bonchev–Trinajstić information content (AvgIpc) is 2.54. The summed E-state index contributed by atoms with van der Waals surface area (Å²) in [6, 6.07) is 5.24. The second-order valence-electron chi connectivity index (χ2n) is 5.40. The molecule has 2 rings (SSSR count). The molecule has 2 N–H and O–H groups in total. The quantitative estimate of drug-likeness (QED) is 0.875. The van der Waals surface area contributed by atoms with Crippen molar-refractivity contribution in [3.8, 4) is 11.5 Å². The monoisotopic (exact) mass is 292 g/mol. The summed E-state index contributed by atoms with van der Waals surface area (Å²) in [5, 5.41) is 6.23. The van der Waals surface area contributed by atoms with Crippen LogP contribution in [0.1, 0.15) is 26.2 Å². The van der Waals surface area contributed by atoms with Crippen molar-refractivity contribution in [1.29, 1.82) is 0 Å². The molecule has 5 heteroatoms. The zero-order chi connectivity index (χ0) is 15.2. The summed E-state index contributed by atoms with van der Waals surface area (Å²) in [7, 11) is 3.18. The molecule has 1 fully saturated rings. The van der Waals surface area contributed by atoms with Crippen molar-refractivity contribution >= 4 is 11.6 Å². The van der Waals surface area contributed by atoms with Crippen LogP contribution in [0, 0.1) is 5.92 Å². The highest BCUT2D eigenvalue weighted by molar-refractivity contribution is 5.95. The minimum absolute atomic E-state index is 0.00320. The van der Waals surface area contributed by atoms with Gasteiger partial charge < -0.3 is 20.1 Å². The number of hydrogen-bond donors (Lipinski definition) is 2. The van der Waals surface area contributed by atoms with Crippen LogP contribution in [0.5, 0.6) is 11.5 Å². The maximum absolute atomic E-state index is 12.4. The van der Waals surface area contributed by atoms with Crippen LogP contribution < -0.4 is 20.1 Å². The Hall–Kier alpha value is -1.75. The smallest absolute Gasteiger partial charge is 0.241 e. The van der Waals surface area contributed by atoms with Gasteiger partial charge in [-0.15, -0.1) is 0 Å². The van der Waals surface area contributed by atoms with Crippen LogP contribution in [0.3, 0.4) is 0 Å². The Morgan fingerprint density at radius 3 is 2.52 bits per heavy atom. The van der Waals surface area contributed by atoms with Crippen LogP contribution >= 0.6 is 0 Å². The van der Waals surface area contributed by atoms with Gasteiger partial charge in [0, 0.05) is 23.9 Å². The number of anilines is 1. The second-order valence-corrected chi connectivity index (χ2v) is 5.40. The van der Waals surface area contributed by atoms with Crippen molar-refractivity contribution in [2.24, 2.45) is 5.92 Å². The molecule has 2 atom stereocenters. The first-order valence-corrected chi connectivity index (χ1v) is 7.43. The third-order valence-corrected chi connectivity index (χ3v) is 4.03. The molecule has 0 aliphatic carbocycles. The number of benzene rings is 1. The highest BCUT2D eigenvalue weighted by Crippen LogP contribution is 2.26. The van der Waals surface area contributed by atoms with E-state index in [0.29, 0.717) is 23.1 Å². The number of methoxy groups -OCH3 is 2. The van der Waals surface area contributed by atoms with Gasteiger partial charge in [-0.25, -0.2) is 0 Å². The molecule has 0 spiro atoms. The van der Waals surface area contributed by atoms with Gasteiger partial charge in [0.1, 0.15) is 11.5 Å². The van der Waals surface area contributed by atoms with Gasteiger partial charge in [-0.05, 0) is 25.3 Å². The lowest BCUT2D eigenvalue weighted by Gasteiger charge is -2.28. The van der Waals surface area contributed by atoms with E-state index in [1.165, 1.54) is 0 Å². The Balaban J connectivity index is 2.05. The van der Waals surface area contributed by atoms with Crippen LogP contribution in [-0.4, -0.2) is 32.7 Å². The van der Waals surface area contributed by atoms with E-state index in [1.807, 2.05) is 0 Å². The molecule has 21 heavy (non-hydrogen) atoms. The maximum atomic E-state index is 12.4. The van der Waals surface area contributed by atoms with E-state index in [1.54, 1.807) is 32.4 Å². The van der Waals surface area contributed by atoms with Crippen LogP contribution in [0.15, 0.2) is 18.2 Å². The highest BCUT2D eigenvalue weighted by Gasteiger charge is 2.26. The minimum atomic E-state index is -0.124. The van der Waals surface area contributed by atoms with Crippen molar-refractivity contribution in [2.45, 2.75) is 32.2 Å². The van der Waals surface area contributed by atoms with E-state index in [4.69, 9.17) is 9.47 Å². The van der Waals surface area contributed by atoms with Gasteiger partial charge in [-0.2, -0.15) is 0 Å². The normalized spacial score (nSPS) is 21.7. The Labute approximate surface area is 126 Å². The molecule has 1 aliphatic heterocycles. The number of carbonyl (C=O) groups is 1. The van der Waals surface area contributed by atoms with Crippen molar-refractivity contribution in [2.75, 3.05) is 26.1 Å². The first-order valence-electron chi connectivity index (χ1n) is 7.43. The number of hydrogen-bond acceptors (Lipinski definition) is 4. The fourth-order valence-electron chi connectivity index (χ4n) is 2.68. The molecule has 0 saturated carbocycles. The van der Waals surface area contributed by atoms with Gasteiger partial charge in [-0.1, -0.05) is 13.3 Å². The van der Waals surface area contributed by atoms with Crippen molar-refractivity contribution in [1.82, 2.24) is 5.32 Å². The first kappa shape index (κ1) is 15.6. The highest BCUT2D eigenvalue weighted by atomic mass is 16.5. The van der Waals surface area contributed by atoms with Gasteiger partial charge in [0.25, 0.3) is 0 Å². The summed E-state index contributed by atoms with van der Waals surface area (Å²) in [6.07, 6.45) is 3.16. The van der Waals surface area contributed by atoms with E-state index < -0.39 is 0 Å². The summed E-state index contributed by atoms with van der Waals surface area (Å²) in [4.78, 5) is 12.4. The summed E-state index contributed by atoms with van der Waals surface area (Å²) >= 11 is 0. The molecule has 0 radical (unpaired) electrons. The van der Waals surface area contributed by atoms with Crippen molar-refractivity contribution < 1.29 is 14.3 Å². The fraction of sp³-hybridized carbons (Fsp3) is 0.562. The molecule has 116 valence electrons. The second kappa shape index (κ2) is 7.31. The van der Waals surface area contributed by atoms with Gasteiger partial charge in [0.05, 0.1) is 20.3 Å². The predicted molar refractivity (Wildman–Crippen MR) is 83.0 cm³/mol. The summed E-state index contributed by atoms with van der Waals surface area (Å²) in [5.41, 5.74) is 0.691. The minimum Gasteiger partial charge on any atom is -0.497 e. The van der Waals surface area contributed by atoms with E-state index >= 15 is 0 Å². The zero-order valence-electron chi connectivity index (χ0n) is 12.9. The molecule has 1 saturated heterocycles. The number of carbonyl (C=O) groups excluding carboxylic acids is 1. The molecule has 5 nitrogen and oxygen atoms in total. The van der Waals surface area contributed by atoms with E-state index in [0.717, 1.165) is 25.8 Å². The Morgan fingerprint density at radius 1 is 1.29 bits per heavy atom. The molecule has 1 aromatic rings. The van der Waals surface area contributed by atoms with Crippen LogP contribution in [-0.2, 0) is 4.79 Å². The van der Waals surface area contributed by atoms with Crippen LogP contribution in [0.25, 0.3) is 0 Å². The van der Waals surface area contributed by atoms with Gasteiger partial charge in [0.15, 0.2) is 0 Å². The SMILES string of the molecule is CCC1CCNC(C(=O)Nc2cc(OC)cc(OC)c2)C1. The molecule has 2 unspecified atom stereocenters. The van der Waals surface area contributed by atoms with E-state index in [2.05, 4.69) is 17.6 Å². The van der Waals surface area contributed by atoms with Gasteiger partial charge >= 0.3 is 0 Å². The fourth-order valence-corrected chi connectivity index (χ4v) is 2.68. The summed E-state index contributed by atoms with van der Waals surface area (Å²) < 4.78 is 10.4. The Kier molecular flexibility index (Phi) is 5.44. The molecule has 0 aromatic heterocycles. The van der Waals surface area contributed by atoms with Gasteiger partial charge in [-0.3, -0.25) is 4.79 Å². The number of piperidine rings is 1. The number of ether oxygens (including phenoxy) is 2. The standard InChI is InChI=1S/C16H24N2O3/c1-4-11-5-6-17-15(7-11)16(19)18-12-8-13(20-2)10-14(9-12)21-3/h8-11,15,17H,4-7H2,1-3H3,(H,18,19). The molecule has 1 amide bonds. The third kappa shape index (κ3) is 4.11. The van der Waals surface area contributed by atoms with Crippen LogP contribution in [0.2, 0.25) is 0 Å². The average molecular weight is 292 g/mol. The Morgan fingerprint density at radius 2 is 1.95 bits per heavy atom. The lowest BCUT2D eigenvalue weighted by Crippen LogP contribution is -2.46. The Bertz CT molecular complexity index is 468. The molecule has 1 aromatic carbocycles. The van der Waals surface area contributed by atoms with Crippen LogP contribution in [0.4, 0.5) is 5.69 Å². The number of amides is 1. The molecule has 1 aliphatic rings. The lowest BCUT2D eigenvalue weighted by molar-refractivity contribution is -0.119. The van der Waals surface area contributed by atoms with E-state index in [-0.39, 0.29) is 11.9 Å².